The van der Waals surface area contributed by atoms with Gasteiger partial charge in [0, 0.05) is 11.4 Å². The van der Waals surface area contributed by atoms with Gasteiger partial charge >= 0.3 is 5.97 Å². The zero-order valence-electron chi connectivity index (χ0n) is 12.6. The second-order valence-electron chi connectivity index (χ2n) is 4.85. The summed E-state index contributed by atoms with van der Waals surface area (Å²) in [7, 11) is -2.51. The van der Waals surface area contributed by atoms with E-state index in [4.69, 9.17) is 0 Å². The van der Waals surface area contributed by atoms with E-state index in [9.17, 15) is 18.3 Å². The average molecular weight is 355 g/mol. The Morgan fingerprint density at radius 1 is 1.30 bits per heavy atom. The molecule has 1 atom stereocenters. The first-order chi connectivity index (χ1) is 10.8. The maximum atomic E-state index is 12.2. The van der Waals surface area contributed by atoms with Gasteiger partial charge in [0.25, 0.3) is 0 Å². The molecule has 0 aliphatic heterocycles. The Balaban J connectivity index is 2.07. The van der Waals surface area contributed by atoms with Crippen LogP contribution in [0.25, 0.3) is 0 Å². The fourth-order valence-electron chi connectivity index (χ4n) is 1.98. The number of carbonyl (C=O) groups is 1. The van der Waals surface area contributed by atoms with Gasteiger partial charge in [-0.1, -0.05) is 0 Å². The van der Waals surface area contributed by atoms with Crippen LogP contribution in [0.5, 0.6) is 0 Å². The monoisotopic (exact) mass is 355 g/mol. The Hall–Kier alpha value is -1.74. The van der Waals surface area contributed by atoms with Crippen LogP contribution in [0.1, 0.15) is 26.9 Å². The molecule has 2 N–H and O–H groups in total. The number of aliphatic hydroxyl groups excluding tert-OH is 1. The summed E-state index contributed by atoms with van der Waals surface area (Å²) in [4.78, 5) is 12.1. The van der Waals surface area contributed by atoms with Gasteiger partial charge in [0.15, 0.2) is 0 Å². The summed E-state index contributed by atoms with van der Waals surface area (Å²) in [6, 6.07) is 7.25. The summed E-state index contributed by atoms with van der Waals surface area (Å²) in [5, 5.41) is 11.9. The highest BCUT2D eigenvalue weighted by molar-refractivity contribution is 7.89. The third kappa shape index (κ3) is 4.17. The second kappa shape index (κ2) is 7.22. The number of aliphatic hydroxyl groups is 1. The van der Waals surface area contributed by atoms with Crippen LogP contribution in [0.3, 0.4) is 0 Å². The lowest BCUT2D eigenvalue weighted by Gasteiger charge is -2.12. The first-order valence-corrected chi connectivity index (χ1v) is 9.11. The molecule has 0 fully saturated rings. The number of methoxy groups -OCH3 is 1. The number of nitrogens with one attached hydrogen (secondary N) is 1. The predicted molar refractivity (Wildman–Crippen MR) is 87.0 cm³/mol. The zero-order chi connectivity index (χ0) is 17.0. The van der Waals surface area contributed by atoms with Crippen molar-refractivity contribution < 1.29 is 23.1 Å². The molecule has 1 heterocycles. The summed E-state index contributed by atoms with van der Waals surface area (Å²) in [6.45, 7) is 1.73. The molecule has 1 aromatic carbocycles. The average Bonchev–Trinajstić information content (AvgIpc) is 2.98. The van der Waals surface area contributed by atoms with Gasteiger partial charge in [-0.25, -0.2) is 17.9 Å². The first-order valence-electron chi connectivity index (χ1n) is 6.75. The first kappa shape index (κ1) is 17.6. The maximum absolute atomic E-state index is 12.2. The van der Waals surface area contributed by atoms with Crippen molar-refractivity contribution in [3.63, 3.8) is 0 Å². The lowest BCUT2D eigenvalue weighted by atomic mass is 10.2. The van der Waals surface area contributed by atoms with Crippen LogP contribution in [0.15, 0.2) is 40.6 Å². The fraction of sp³-hybridized carbons (Fsp3) is 0.267. The minimum Gasteiger partial charge on any atom is -0.465 e. The lowest BCUT2D eigenvalue weighted by Crippen LogP contribution is -2.28. The molecule has 23 heavy (non-hydrogen) atoms. The van der Waals surface area contributed by atoms with Gasteiger partial charge in [0.05, 0.1) is 17.6 Å². The number of sulfonamides is 1. The van der Waals surface area contributed by atoms with E-state index in [1.807, 2.05) is 18.4 Å². The highest BCUT2D eigenvalue weighted by atomic mass is 32.2. The van der Waals surface area contributed by atoms with E-state index in [1.165, 1.54) is 42.7 Å². The van der Waals surface area contributed by atoms with Crippen LogP contribution >= 0.6 is 11.3 Å². The number of thiophene rings is 1. The van der Waals surface area contributed by atoms with Crippen LogP contribution < -0.4 is 4.72 Å². The minimum absolute atomic E-state index is 0.0141. The normalized spacial score (nSPS) is 12.8. The molecular formula is C15H17NO5S2. The molecule has 0 aliphatic rings. The number of esters is 1. The molecule has 0 spiro atoms. The molecule has 2 rings (SSSR count). The molecular weight excluding hydrogens is 338 g/mol. The van der Waals surface area contributed by atoms with Gasteiger partial charge in [0.2, 0.25) is 10.0 Å². The van der Waals surface area contributed by atoms with Gasteiger partial charge in [-0.3, -0.25) is 0 Å². The third-order valence-corrected chi connectivity index (χ3v) is 5.82. The number of carbonyl (C=O) groups excluding carboxylic acids is 1. The van der Waals surface area contributed by atoms with Crippen molar-refractivity contribution in [3.05, 3.63) is 51.7 Å². The van der Waals surface area contributed by atoms with Gasteiger partial charge in [-0.2, -0.15) is 0 Å². The molecule has 2 aromatic rings. The summed E-state index contributed by atoms with van der Waals surface area (Å²) < 4.78 is 31.3. The van der Waals surface area contributed by atoms with Crippen LogP contribution in [-0.2, 0) is 14.8 Å². The van der Waals surface area contributed by atoms with Crippen molar-refractivity contribution in [2.24, 2.45) is 0 Å². The second-order valence-corrected chi connectivity index (χ2v) is 7.57. The highest BCUT2D eigenvalue weighted by Crippen LogP contribution is 2.23. The van der Waals surface area contributed by atoms with Gasteiger partial charge in [0.1, 0.15) is 6.10 Å². The topological polar surface area (TPSA) is 92.7 Å². The van der Waals surface area contributed by atoms with E-state index >= 15 is 0 Å². The van der Waals surface area contributed by atoms with Crippen LogP contribution in [0.4, 0.5) is 0 Å². The summed E-state index contributed by atoms with van der Waals surface area (Å²) in [6.07, 6.45) is -0.904. The van der Waals surface area contributed by atoms with Crippen molar-refractivity contribution in [2.45, 2.75) is 17.9 Å². The summed E-state index contributed by atoms with van der Waals surface area (Å²) in [5.41, 5.74) is 1.19. The predicted octanol–water partition coefficient (Wildman–Crippen LogP) is 1.86. The molecule has 6 nitrogen and oxygen atoms in total. The quantitative estimate of drug-likeness (QED) is 0.772. The summed E-state index contributed by atoms with van der Waals surface area (Å²) >= 11 is 1.38. The lowest BCUT2D eigenvalue weighted by molar-refractivity contribution is 0.0600. The molecule has 0 aliphatic carbocycles. The smallest absolute Gasteiger partial charge is 0.337 e. The molecule has 0 bridgehead atoms. The van der Waals surface area contributed by atoms with Crippen LogP contribution in [0.2, 0.25) is 0 Å². The Morgan fingerprint density at radius 3 is 2.48 bits per heavy atom. The van der Waals surface area contributed by atoms with E-state index in [0.29, 0.717) is 0 Å². The maximum Gasteiger partial charge on any atom is 0.337 e. The van der Waals surface area contributed by atoms with E-state index in [-0.39, 0.29) is 17.0 Å². The van der Waals surface area contributed by atoms with Crippen molar-refractivity contribution >= 4 is 27.3 Å². The van der Waals surface area contributed by atoms with Crippen molar-refractivity contribution in [1.29, 1.82) is 0 Å². The largest absolute Gasteiger partial charge is 0.465 e. The minimum atomic E-state index is -3.77. The Morgan fingerprint density at radius 2 is 1.96 bits per heavy atom. The molecule has 8 heteroatoms. The fourth-order valence-corrected chi connectivity index (χ4v) is 3.93. The number of benzene rings is 1. The molecule has 0 amide bonds. The number of ether oxygens (including phenoxy) is 1. The molecule has 0 saturated carbocycles. The van der Waals surface area contributed by atoms with Crippen molar-refractivity contribution in [1.82, 2.24) is 4.72 Å². The van der Waals surface area contributed by atoms with E-state index in [0.717, 1.165) is 10.4 Å². The Labute approximate surface area is 138 Å². The number of hydrogen-bond donors (Lipinski definition) is 2. The van der Waals surface area contributed by atoms with E-state index in [1.54, 1.807) is 0 Å². The number of aryl methyl sites for hydroxylation is 1. The number of hydrogen-bond acceptors (Lipinski definition) is 6. The van der Waals surface area contributed by atoms with Gasteiger partial charge in [-0.15, -0.1) is 11.3 Å². The van der Waals surface area contributed by atoms with Crippen molar-refractivity contribution in [2.75, 3.05) is 13.7 Å². The third-order valence-electron chi connectivity index (χ3n) is 3.26. The molecule has 0 unspecified atom stereocenters. The molecule has 124 valence electrons. The molecule has 0 saturated heterocycles. The van der Waals surface area contributed by atoms with Gasteiger partial charge < -0.3 is 9.84 Å². The number of rotatable bonds is 6. The van der Waals surface area contributed by atoms with E-state index < -0.39 is 22.1 Å². The SMILES string of the molecule is COC(=O)c1ccc(S(=O)(=O)NC[C@@H](O)c2sccc2C)cc1. The standard InChI is InChI=1S/C15H17NO5S2/c1-10-7-8-22-14(10)13(17)9-16-23(19,20)12-5-3-11(4-6-12)15(18)21-2/h3-8,13,16-17H,9H2,1-2H3/t13-/m1/s1. The van der Waals surface area contributed by atoms with Crippen LogP contribution in [-0.4, -0.2) is 33.1 Å². The van der Waals surface area contributed by atoms with Crippen molar-refractivity contribution in [3.8, 4) is 0 Å². The van der Waals surface area contributed by atoms with E-state index in [2.05, 4.69) is 9.46 Å². The Bertz CT molecular complexity index is 780. The zero-order valence-corrected chi connectivity index (χ0v) is 14.3. The van der Waals surface area contributed by atoms with Gasteiger partial charge in [-0.05, 0) is 48.2 Å². The summed E-state index contributed by atoms with van der Waals surface area (Å²) in [5.74, 6) is -0.537. The van der Waals surface area contributed by atoms with Crippen LogP contribution in [0, 0.1) is 6.92 Å². The Kier molecular flexibility index (Phi) is 5.53. The molecule has 1 aromatic heterocycles. The highest BCUT2D eigenvalue weighted by Gasteiger charge is 2.19. The molecule has 0 radical (unpaired) electrons.